The maximum atomic E-state index is 6.41. The first-order valence-corrected chi connectivity index (χ1v) is 19.4. The molecule has 0 aliphatic heterocycles. The van der Waals surface area contributed by atoms with E-state index in [4.69, 9.17) is 4.42 Å². The van der Waals surface area contributed by atoms with E-state index in [-0.39, 0.29) is 0 Å². The number of anilines is 3. The Morgan fingerprint density at radius 3 is 1.67 bits per heavy atom. The molecule has 3 nitrogen and oxygen atoms in total. The number of rotatable bonds is 7. The highest BCUT2D eigenvalue weighted by Crippen LogP contribution is 2.44. The van der Waals surface area contributed by atoms with Crippen LogP contribution in [0.15, 0.2) is 223 Å². The second kappa shape index (κ2) is 13.6. The number of hydrogen-bond acceptors (Lipinski definition) is 2. The second-order valence-corrected chi connectivity index (χ2v) is 14.5. The third kappa shape index (κ3) is 5.51. The molecule has 0 N–H and O–H groups in total. The largest absolute Gasteiger partial charge is 0.455 e. The monoisotopic (exact) mass is 728 g/mol. The van der Waals surface area contributed by atoms with Crippen molar-refractivity contribution in [3.05, 3.63) is 218 Å². The van der Waals surface area contributed by atoms with Gasteiger partial charge in [0.05, 0.1) is 22.4 Å². The Balaban J connectivity index is 1.02. The lowest BCUT2D eigenvalue weighted by molar-refractivity contribution is 0.670. The van der Waals surface area contributed by atoms with Crippen molar-refractivity contribution in [2.45, 2.75) is 0 Å². The van der Waals surface area contributed by atoms with Gasteiger partial charge in [-0.05, 0) is 77.4 Å². The summed E-state index contributed by atoms with van der Waals surface area (Å²) < 4.78 is 8.83. The van der Waals surface area contributed by atoms with Gasteiger partial charge >= 0.3 is 0 Å². The van der Waals surface area contributed by atoms with Gasteiger partial charge in [-0.15, -0.1) is 0 Å². The summed E-state index contributed by atoms with van der Waals surface area (Å²) in [4.78, 5) is 2.36. The predicted octanol–water partition coefficient (Wildman–Crippen LogP) is 15.2. The van der Waals surface area contributed by atoms with Crippen molar-refractivity contribution in [1.82, 2.24) is 4.57 Å². The van der Waals surface area contributed by atoms with Gasteiger partial charge in [-0.1, -0.05) is 158 Å². The molecule has 11 aromatic rings. The number of aromatic nitrogens is 1. The van der Waals surface area contributed by atoms with E-state index < -0.39 is 0 Å². The summed E-state index contributed by atoms with van der Waals surface area (Å²) in [6.45, 7) is 0. The molecule has 0 unspecified atom stereocenters. The Labute approximate surface area is 330 Å². The zero-order valence-electron chi connectivity index (χ0n) is 31.1. The molecule has 57 heavy (non-hydrogen) atoms. The standard InChI is InChI=1S/C54H36N2O/c1-2-18-40(19-3-1)55(41-34-32-37(33-35-41)44-25-15-26-48-47-24-8-13-31-53(47)57-54(44)48)49-27-9-4-20-42(49)38-16-14-17-39(36-38)43-21-5-10-28-50(43)56-51-29-11-6-22-45(51)46-23-7-12-30-52(46)56/h1-36H. The van der Waals surface area contributed by atoms with Crippen LogP contribution in [-0.2, 0) is 0 Å². The van der Waals surface area contributed by atoms with E-state index in [1.807, 2.05) is 12.1 Å². The van der Waals surface area contributed by atoms with Crippen molar-refractivity contribution in [3.63, 3.8) is 0 Å². The molecule has 0 aliphatic carbocycles. The Morgan fingerprint density at radius 2 is 0.895 bits per heavy atom. The maximum absolute atomic E-state index is 6.41. The summed E-state index contributed by atoms with van der Waals surface area (Å²) >= 11 is 0. The summed E-state index contributed by atoms with van der Waals surface area (Å²) in [5.41, 5.74) is 15.5. The Bertz CT molecular complexity index is 3190. The van der Waals surface area contributed by atoms with Crippen LogP contribution in [0.3, 0.4) is 0 Å². The summed E-state index contributed by atoms with van der Waals surface area (Å²) in [6.07, 6.45) is 0. The van der Waals surface area contributed by atoms with E-state index in [1.165, 1.54) is 27.4 Å². The minimum Gasteiger partial charge on any atom is -0.455 e. The van der Waals surface area contributed by atoms with Crippen LogP contribution in [0.25, 0.3) is 82.8 Å². The van der Waals surface area contributed by atoms with E-state index >= 15 is 0 Å². The molecule has 2 aromatic heterocycles. The lowest BCUT2D eigenvalue weighted by atomic mass is 9.96. The number of fused-ring (bicyclic) bond motifs is 6. The molecule has 2 heterocycles. The highest BCUT2D eigenvalue weighted by atomic mass is 16.3. The zero-order chi connectivity index (χ0) is 37.7. The summed E-state index contributed by atoms with van der Waals surface area (Å²) in [6, 6.07) is 78.1. The van der Waals surface area contributed by atoms with Crippen LogP contribution in [0, 0.1) is 0 Å². The van der Waals surface area contributed by atoms with Gasteiger partial charge in [0, 0.05) is 49.6 Å². The fourth-order valence-electron chi connectivity index (χ4n) is 8.63. The van der Waals surface area contributed by atoms with Gasteiger partial charge in [-0.3, -0.25) is 0 Å². The second-order valence-electron chi connectivity index (χ2n) is 14.5. The molecule has 268 valence electrons. The third-order valence-electron chi connectivity index (χ3n) is 11.2. The molecule has 0 saturated heterocycles. The fourth-order valence-corrected chi connectivity index (χ4v) is 8.63. The van der Waals surface area contributed by atoms with Gasteiger partial charge in [0.1, 0.15) is 11.2 Å². The van der Waals surface area contributed by atoms with Crippen molar-refractivity contribution in [2.75, 3.05) is 4.90 Å². The highest BCUT2D eigenvalue weighted by Gasteiger charge is 2.20. The highest BCUT2D eigenvalue weighted by molar-refractivity contribution is 6.11. The van der Waals surface area contributed by atoms with Crippen LogP contribution in [0.4, 0.5) is 17.1 Å². The molecular formula is C54H36N2O. The van der Waals surface area contributed by atoms with Crippen LogP contribution < -0.4 is 4.90 Å². The first-order chi connectivity index (χ1) is 28.3. The zero-order valence-corrected chi connectivity index (χ0v) is 31.1. The van der Waals surface area contributed by atoms with Gasteiger partial charge in [0.2, 0.25) is 0 Å². The smallest absolute Gasteiger partial charge is 0.143 e. The van der Waals surface area contributed by atoms with Crippen LogP contribution in [0.5, 0.6) is 0 Å². The normalized spacial score (nSPS) is 11.5. The van der Waals surface area contributed by atoms with Crippen molar-refractivity contribution in [1.29, 1.82) is 0 Å². The SMILES string of the molecule is c1ccc(N(c2ccc(-c3cccc4c3oc3ccccc34)cc2)c2ccccc2-c2cccc(-c3ccccc3-n3c4ccccc4c4ccccc43)c2)cc1. The lowest BCUT2D eigenvalue weighted by Gasteiger charge is -2.28. The number of nitrogens with zero attached hydrogens (tertiary/aromatic N) is 2. The van der Waals surface area contributed by atoms with Crippen LogP contribution in [0.1, 0.15) is 0 Å². The number of furan rings is 1. The minimum atomic E-state index is 0.905. The minimum absolute atomic E-state index is 0.905. The molecule has 11 rings (SSSR count). The van der Waals surface area contributed by atoms with Crippen LogP contribution in [0.2, 0.25) is 0 Å². The average Bonchev–Trinajstić information content (AvgIpc) is 3.84. The first kappa shape index (κ1) is 32.8. The quantitative estimate of drug-likeness (QED) is 0.163. The number of benzene rings is 9. The Kier molecular flexibility index (Phi) is 7.82. The van der Waals surface area contributed by atoms with E-state index in [9.17, 15) is 0 Å². The molecule has 0 atom stereocenters. The van der Waals surface area contributed by atoms with E-state index in [0.29, 0.717) is 0 Å². The third-order valence-corrected chi connectivity index (χ3v) is 11.2. The van der Waals surface area contributed by atoms with E-state index in [2.05, 4.69) is 216 Å². The molecule has 0 saturated carbocycles. The van der Waals surface area contributed by atoms with Gasteiger partial charge < -0.3 is 13.9 Å². The van der Waals surface area contributed by atoms with Crippen molar-refractivity contribution in [3.8, 4) is 39.1 Å². The van der Waals surface area contributed by atoms with Crippen LogP contribution in [-0.4, -0.2) is 4.57 Å². The molecule has 0 amide bonds. The molecular weight excluding hydrogens is 693 g/mol. The Morgan fingerprint density at radius 1 is 0.351 bits per heavy atom. The fraction of sp³-hybridized carbons (Fsp3) is 0. The first-order valence-electron chi connectivity index (χ1n) is 19.4. The van der Waals surface area contributed by atoms with Crippen molar-refractivity contribution in [2.24, 2.45) is 0 Å². The van der Waals surface area contributed by atoms with Crippen molar-refractivity contribution < 1.29 is 4.42 Å². The summed E-state index contributed by atoms with van der Waals surface area (Å²) in [5.74, 6) is 0. The average molecular weight is 729 g/mol. The topological polar surface area (TPSA) is 21.3 Å². The lowest BCUT2D eigenvalue weighted by Crippen LogP contribution is -2.11. The number of para-hydroxylation sites is 7. The van der Waals surface area contributed by atoms with Crippen molar-refractivity contribution >= 4 is 60.8 Å². The van der Waals surface area contributed by atoms with Gasteiger partial charge in [-0.25, -0.2) is 0 Å². The molecule has 0 spiro atoms. The summed E-state index contributed by atoms with van der Waals surface area (Å²) in [5, 5.41) is 4.78. The van der Waals surface area contributed by atoms with Gasteiger partial charge in [0.25, 0.3) is 0 Å². The molecule has 0 aliphatic rings. The molecule has 0 bridgehead atoms. The van der Waals surface area contributed by atoms with E-state index in [0.717, 1.165) is 72.5 Å². The van der Waals surface area contributed by atoms with Gasteiger partial charge in [0.15, 0.2) is 0 Å². The molecule has 9 aromatic carbocycles. The van der Waals surface area contributed by atoms with Crippen LogP contribution >= 0.6 is 0 Å². The Hall–Kier alpha value is -7.62. The molecule has 3 heteroatoms. The number of hydrogen-bond donors (Lipinski definition) is 0. The predicted molar refractivity (Wildman–Crippen MR) is 239 cm³/mol. The van der Waals surface area contributed by atoms with E-state index in [1.54, 1.807) is 0 Å². The maximum Gasteiger partial charge on any atom is 0.143 e. The molecule has 0 radical (unpaired) electrons. The molecule has 0 fully saturated rings. The summed E-state index contributed by atoms with van der Waals surface area (Å²) in [7, 11) is 0. The van der Waals surface area contributed by atoms with Gasteiger partial charge in [-0.2, -0.15) is 0 Å².